The fourth-order valence-corrected chi connectivity index (χ4v) is 5.34. The number of aryl methyl sites for hydroxylation is 1. The second-order valence-corrected chi connectivity index (χ2v) is 8.56. The summed E-state index contributed by atoms with van der Waals surface area (Å²) in [5, 5.41) is 1.89. The Morgan fingerprint density at radius 3 is 3.04 bits per heavy atom. The van der Waals surface area contributed by atoms with E-state index in [2.05, 4.69) is 26.7 Å². The predicted molar refractivity (Wildman–Crippen MR) is 101 cm³/mol. The number of piperidine rings is 1. The van der Waals surface area contributed by atoms with Gasteiger partial charge in [0.2, 0.25) is 0 Å². The molecule has 6 heterocycles. The number of ether oxygens (including phenoxy) is 2. The average Bonchev–Trinajstić information content (AvgIpc) is 3.17. The number of aromatic nitrogens is 2. The smallest absolute Gasteiger partial charge is 0.268 e. The molecule has 27 heavy (non-hydrogen) atoms. The lowest BCUT2D eigenvalue weighted by molar-refractivity contribution is 0.0582. The summed E-state index contributed by atoms with van der Waals surface area (Å²) in [5.74, 6) is 1.96. The van der Waals surface area contributed by atoms with Gasteiger partial charge in [-0.2, -0.15) is 0 Å². The molecule has 2 atom stereocenters. The van der Waals surface area contributed by atoms with Crippen molar-refractivity contribution in [2.45, 2.75) is 32.4 Å². The number of fused-ring (bicyclic) bond motifs is 5. The van der Waals surface area contributed by atoms with Crippen LogP contribution in [0.15, 0.2) is 11.7 Å². The van der Waals surface area contributed by atoms with Crippen LogP contribution in [-0.4, -0.2) is 64.6 Å². The molecule has 7 nitrogen and oxygen atoms in total. The first-order valence-corrected chi connectivity index (χ1v) is 10.5. The van der Waals surface area contributed by atoms with Gasteiger partial charge in [-0.15, -0.1) is 11.3 Å². The second kappa shape index (κ2) is 6.83. The van der Waals surface area contributed by atoms with E-state index in [1.54, 1.807) is 6.33 Å². The average molecular weight is 388 g/mol. The number of thiophene rings is 1. The Bertz CT molecular complexity index is 848. The third-order valence-corrected chi connectivity index (χ3v) is 6.78. The van der Waals surface area contributed by atoms with Gasteiger partial charge in [0.05, 0.1) is 12.0 Å². The van der Waals surface area contributed by atoms with E-state index in [1.807, 2.05) is 5.38 Å². The van der Waals surface area contributed by atoms with E-state index in [0.717, 1.165) is 44.0 Å². The highest BCUT2D eigenvalue weighted by molar-refractivity contribution is 7.12. The highest BCUT2D eigenvalue weighted by Crippen LogP contribution is 2.41. The summed E-state index contributed by atoms with van der Waals surface area (Å²) >= 11 is 1.44. The molecule has 0 aliphatic carbocycles. The number of hydrogen-bond donors (Lipinski definition) is 1. The van der Waals surface area contributed by atoms with Crippen molar-refractivity contribution < 1.29 is 14.3 Å². The zero-order chi connectivity index (χ0) is 18.4. The van der Waals surface area contributed by atoms with Crippen LogP contribution in [0, 0.1) is 12.8 Å². The standard InChI is InChI=1S/C19H24N4O3S/c1-12-15(21-11-20-12)9-22-6-13-2-3-14(8-22)23(7-13)19(24)18-17-16(10-27-18)25-4-5-26-17/h10-11,13-14H,2-9H2,1H3,(H,20,21)/t13-,14+/m1/s1. The first kappa shape index (κ1) is 17.1. The van der Waals surface area contributed by atoms with Crippen molar-refractivity contribution in [3.8, 4) is 11.5 Å². The van der Waals surface area contributed by atoms with Crippen molar-refractivity contribution >= 4 is 17.2 Å². The molecule has 2 aromatic heterocycles. The lowest BCUT2D eigenvalue weighted by Crippen LogP contribution is -2.47. The molecule has 4 aliphatic heterocycles. The number of carbonyl (C=O) groups is 1. The highest BCUT2D eigenvalue weighted by Gasteiger charge is 2.39. The Kier molecular flexibility index (Phi) is 4.32. The molecule has 3 fully saturated rings. The molecule has 0 radical (unpaired) electrons. The van der Waals surface area contributed by atoms with Crippen LogP contribution in [0.25, 0.3) is 0 Å². The summed E-state index contributed by atoms with van der Waals surface area (Å²) in [6, 6.07) is 0.248. The van der Waals surface area contributed by atoms with E-state index in [9.17, 15) is 4.79 Å². The number of nitrogens with zero attached hydrogens (tertiary/aromatic N) is 3. The third kappa shape index (κ3) is 3.10. The number of aromatic amines is 1. The molecular formula is C19H24N4O3S. The summed E-state index contributed by atoms with van der Waals surface area (Å²) in [6.07, 6.45) is 4.01. The van der Waals surface area contributed by atoms with Gasteiger partial charge < -0.3 is 19.4 Å². The zero-order valence-corrected chi connectivity index (χ0v) is 16.3. The van der Waals surface area contributed by atoms with Crippen LogP contribution < -0.4 is 9.47 Å². The highest BCUT2D eigenvalue weighted by atomic mass is 32.1. The minimum absolute atomic E-state index is 0.0965. The molecule has 1 amide bonds. The molecule has 0 unspecified atom stereocenters. The molecule has 0 saturated carbocycles. The van der Waals surface area contributed by atoms with Gasteiger partial charge in [0, 0.05) is 43.3 Å². The van der Waals surface area contributed by atoms with Crippen LogP contribution in [0.3, 0.4) is 0 Å². The molecule has 0 aromatic carbocycles. The van der Waals surface area contributed by atoms with Gasteiger partial charge in [-0.25, -0.2) is 4.98 Å². The largest absolute Gasteiger partial charge is 0.485 e. The molecule has 3 saturated heterocycles. The van der Waals surface area contributed by atoms with Crippen LogP contribution in [-0.2, 0) is 6.54 Å². The van der Waals surface area contributed by atoms with Crippen molar-refractivity contribution in [1.29, 1.82) is 0 Å². The number of amides is 1. The van der Waals surface area contributed by atoms with Gasteiger partial charge in [0.15, 0.2) is 11.5 Å². The lowest BCUT2D eigenvalue weighted by atomic mass is 9.95. The molecule has 144 valence electrons. The van der Waals surface area contributed by atoms with Crippen LogP contribution in [0.4, 0.5) is 0 Å². The number of carbonyl (C=O) groups excluding carboxylic acids is 1. The maximum absolute atomic E-state index is 13.3. The number of H-pyrrole nitrogens is 1. The van der Waals surface area contributed by atoms with Crippen LogP contribution in [0.2, 0.25) is 0 Å². The molecule has 6 rings (SSSR count). The first-order valence-electron chi connectivity index (χ1n) is 9.58. The topological polar surface area (TPSA) is 70.7 Å². The number of nitrogens with one attached hydrogen (secondary N) is 1. The normalized spacial score (nSPS) is 24.9. The van der Waals surface area contributed by atoms with E-state index in [-0.39, 0.29) is 11.9 Å². The Balaban J connectivity index is 1.35. The molecule has 1 N–H and O–H groups in total. The summed E-state index contributed by atoms with van der Waals surface area (Å²) in [6.45, 7) is 6.71. The van der Waals surface area contributed by atoms with E-state index < -0.39 is 0 Å². The Morgan fingerprint density at radius 2 is 2.19 bits per heavy atom. The van der Waals surface area contributed by atoms with Gasteiger partial charge in [0.1, 0.15) is 18.1 Å². The minimum atomic E-state index is 0.0965. The fourth-order valence-electron chi connectivity index (χ4n) is 4.46. The SMILES string of the molecule is Cc1[nH]cnc1CN1C[C@H]2CC[C@@H](C1)N(C(=O)c1scc3c1OCCO3)C2. The van der Waals surface area contributed by atoms with Gasteiger partial charge in [-0.3, -0.25) is 9.69 Å². The number of hydrogen-bond acceptors (Lipinski definition) is 6. The van der Waals surface area contributed by atoms with Gasteiger partial charge in [-0.1, -0.05) is 0 Å². The van der Waals surface area contributed by atoms with Crippen molar-refractivity contribution in [3.63, 3.8) is 0 Å². The fraction of sp³-hybridized carbons (Fsp3) is 0.579. The Hall–Kier alpha value is -2.06. The number of imidazole rings is 1. The maximum atomic E-state index is 13.3. The summed E-state index contributed by atoms with van der Waals surface area (Å²) in [5.41, 5.74) is 2.23. The molecule has 2 bridgehead atoms. The van der Waals surface area contributed by atoms with Crippen LogP contribution in [0.5, 0.6) is 11.5 Å². The number of rotatable bonds is 3. The quantitative estimate of drug-likeness (QED) is 0.874. The predicted octanol–water partition coefficient (Wildman–Crippen LogP) is 2.29. The molecule has 0 spiro atoms. The van der Waals surface area contributed by atoms with E-state index in [4.69, 9.17) is 9.47 Å². The van der Waals surface area contributed by atoms with Crippen molar-refractivity contribution in [2.75, 3.05) is 32.8 Å². The molecular weight excluding hydrogens is 364 g/mol. The molecule has 2 aromatic rings. The van der Waals surface area contributed by atoms with E-state index in [1.165, 1.54) is 17.8 Å². The van der Waals surface area contributed by atoms with Crippen LogP contribution >= 0.6 is 11.3 Å². The van der Waals surface area contributed by atoms with Gasteiger partial charge in [-0.05, 0) is 25.7 Å². The molecule has 4 aliphatic rings. The minimum Gasteiger partial charge on any atom is -0.485 e. The summed E-state index contributed by atoms with van der Waals surface area (Å²) in [7, 11) is 0. The second-order valence-electron chi connectivity index (χ2n) is 7.68. The van der Waals surface area contributed by atoms with E-state index in [0.29, 0.717) is 35.5 Å². The zero-order valence-electron chi connectivity index (χ0n) is 15.4. The third-order valence-electron chi connectivity index (χ3n) is 5.85. The summed E-state index contributed by atoms with van der Waals surface area (Å²) in [4.78, 5) is 26.2. The Morgan fingerprint density at radius 1 is 1.30 bits per heavy atom. The maximum Gasteiger partial charge on any atom is 0.268 e. The van der Waals surface area contributed by atoms with Crippen LogP contribution in [0.1, 0.15) is 33.9 Å². The van der Waals surface area contributed by atoms with Crippen molar-refractivity contribution in [3.05, 3.63) is 28.0 Å². The van der Waals surface area contributed by atoms with Gasteiger partial charge in [0.25, 0.3) is 5.91 Å². The molecule has 8 heteroatoms. The first-order chi connectivity index (χ1) is 13.2. The Labute approximate surface area is 162 Å². The monoisotopic (exact) mass is 388 g/mol. The van der Waals surface area contributed by atoms with Gasteiger partial charge >= 0.3 is 0 Å². The summed E-state index contributed by atoms with van der Waals surface area (Å²) < 4.78 is 11.3. The van der Waals surface area contributed by atoms with Crippen molar-refractivity contribution in [2.24, 2.45) is 5.92 Å². The van der Waals surface area contributed by atoms with E-state index >= 15 is 0 Å². The van der Waals surface area contributed by atoms with Crippen molar-refractivity contribution in [1.82, 2.24) is 19.8 Å². The lowest BCUT2D eigenvalue weighted by Gasteiger charge is -2.36.